The topological polar surface area (TPSA) is 70.0 Å². The van der Waals surface area contributed by atoms with Gasteiger partial charge < -0.3 is 19.8 Å². The Balaban J connectivity index is 2.00. The smallest absolute Gasteiger partial charge is 0.174 e. The highest BCUT2D eigenvalue weighted by molar-refractivity contribution is 5.89. The summed E-state index contributed by atoms with van der Waals surface area (Å²) in [4.78, 5) is 14.7. The third-order valence-corrected chi connectivity index (χ3v) is 6.44. The first-order valence-electron chi connectivity index (χ1n) is 8.32. The summed E-state index contributed by atoms with van der Waals surface area (Å²) in [6, 6.07) is 3.47. The number of carbonyl (C=O) groups is 1. The van der Waals surface area contributed by atoms with Crippen LogP contribution in [0.25, 0.3) is 0 Å². The first-order valence-corrected chi connectivity index (χ1v) is 8.32. The van der Waals surface area contributed by atoms with Gasteiger partial charge in [0.15, 0.2) is 23.4 Å². The Kier molecular flexibility index (Phi) is 2.92. The van der Waals surface area contributed by atoms with Crippen LogP contribution in [0.4, 0.5) is 0 Å². The summed E-state index contributed by atoms with van der Waals surface area (Å²) >= 11 is 0. The number of benzene rings is 1. The Bertz CT molecular complexity index is 703. The molecule has 5 nitrogen and oxygen atoms in total. The number of hydrogen-bond acceptors (Lipinski definition) is 5. The standard InChI is InChI=1S/C18H23NO4/c1-4-19(3)13-9-10-5-6-11(20)15-14(10)17(2)16(23-15)12(21)7-8-18(13,17)22/h5-6,13,16,20,22H,4,7-9H2,1-3H3/t13-,16?,17+,18-/m1/s1. The summed E-state index contributed by atoms with van der Waals surface area (Å²) in [7, 11) is 2.01. The Morgan fingerprint density at radius 2 is 2.17 bits per heavy atom. The maximum atomic E-state index is 12.5. The van der Waals surface area contributed by atoms with E-state index in [1.165, 1.54) is 0 Å². The lowest BCUT2D eigenvalue weighted by atomic mass is 9.52. The molecule has 1 aromatic carbocycles. The fourth-order valence-corrected chi connectivity index (χ4v) is 5.00. The van der Waals surface area contributed by atoms with E-state index in [4.69, 9.17) is 4.74 Å². The predicted octanol–water partition coefficient (Wildman–Crippen LogP) is 1.38. The molecule has 0 amide bonds. The van der Waals surface area contributed by atoms with Gasteiger partial charge in [-0.1, -0.05) is 13.0 Å². The number of carbonyl (C=O) groups excluding carboxylic acids is 1. The van der Waals surface area contributed by atoms with Crippen molar-refractivity contribution in [1.29, 1.82) is 0 Å². The van der Waals surface area contributed by atoms with Crippen LogP contribution < -0.4 is 4.74 Å². The number of nitrogens with zero attached hydrogens (tertiary/aromatic N) is 1. The minimum Gasteiger partial charge on any atom is -0.504 e. The molecule has 0 spiro atoms. The molecule has 4 atom stereocenters. The Hall–Kier alpha value is -1.59. The Morgan fingerprint density at radius 1 is 1.43 bits per heavy atom. The van der Waals surface area contributed by atoms with E-state index in [9.17, 15) is 15.0 Å². The van der Waals surface area contributed by atoms with Gasteiger partial charge in [0, 0.05) is 18.0 Å². The number of likely N-dealkylation sites (N-methyl/N-ethyl adjacent to an activating group) is 1. The van der Waals surface area contributed by atoms with Gasteiger partial charge in [0.1, 0.15) is 0 Å². The van der Waals surface area contributed by atoms with Crippen molar-refractivity contribution in [3.8, 4) is 11.5 Å². The highest BCUT2D eigenvalue weighted by Crippen LogP contribution is 2.61. The molecular formula is C18H23NO4. The lowest BCUT2D eigenvalue weighted by Crippen LogP contribution is -2.71. The number of phenolic OH excluding ortho intramolecular Hbond substituents is 1. The van der Waals surface area contributed by atoms with Crippen molar-refractivity contribution in [2.24, 2.45) is 0 Å². The number of aliphatic hydroxyl groups is 1. The predicted molar refractivity (Wildman–Crippen MR) is 84.9 cm³/mol. The lowest BCUT2D eigenvalue weighted by Gasteiger charge is -2.56. The van der Waals surface area contributed by atoms with Gasteiger partial charge in [0.2, 0.25) is 0 Å². The Morgan fingerprint density at radius 3 is 2.87 bits per heavy atom. The van der Waals surface area contributed by atoms with E-state index in [2.05, 4.69) is 11.8 Å². The lowest BCUT2D eigenvalue weighted by molar-refractivity contribution is -0.164. The summed E-state index contributed by atoms with van der Waals surface area (Å²) in [6.07, 6.45) is 0.737. The molecule has 0 radical (unpaired) electrons. The zero-order valence-corrected chi connectivity index (χ0v) is 13.8. The van der Waals surface area contributed by atoms with Gasteiger partial charge >= 0.3 is 0 Å². The zero-order valence-electron chi connectivity index (χ0n) is 13.8. The maximum absolute atomic E-state index is 12.5. The first-order chi connectivity index (χ1) is 10.8. The number of rotatable bonds is 2. The van der Waals surface area contributed by atoms with Crippen LogP contribution in [0.3, 0.4) is 0 Å². The van der Waals surface area contributed by atoms with Gasteiger partial charge in [-0.25, -0.2) is 0 Å². The van der Waals surface area contributed by atoms with Crippen LogP contribution in [-0.2, 0) is 16.6 Å². The van der Waals surface area contributed by atoms with E-state index in [1.807, 2.05) is 20.0 Å². The molecular weight excluding hydrogens is 294 g/mol. The van der Waals surface area contributed by atoms with Crippen molar-refractivity contribution in [2.75, 3.05) is 13.6 Å². The zero-order chi connectivity index (χ0) is 16.6. The van der Waals surface area contributed by atoms with Crippen molar-refractivity contribution >= 4 is 5.78 Å². The highest BCUT2D eigenvalue weighted by atomic mass is 16.5. The largest absolute Gasteiger partial charge is 0.504 e. The van der Waals surface area contributed by atoms with E-state index in [0.29, 0.717) is 25.0 Å². The number of phenols is 1. The summed E-state index contributed by atoms with van der Waals surface area (Å²) in [6.45, 7) is 4.82. The number of Topliss-reactive ketones (excluding diaryl/α,β-unsaturated/α-hetero) is 1. The van der Waals surface area contributed by atoms with Crippen molar-refractivity contribution in [2.45, 2.75) is 56.3 Å². The normalized spacial score (nSPS) is 37.7. The average molecular weight is 317 g/mol. The van der Waals surface area contributed by atoms with Crippen LogP contribution in [0.1, 0.15) is 37.8 Å². The summed E-state index contributed by atoms with van der Waals surface area (Å²) < 4.78 is 5.90. The fourth-order valence-electron chi connectivity index (χ4n) is 5.00. The first kappa shape index (κ1) is 15.0. The molecule has 1 unspecified atom stereocenters. The highest BCUT2D eigenvalue weighted by Gasteiger charge is 2.69. The number of ketones is 1. The molecule has 1 fully saturated rings. The second kappa shape index (κ2) is 4.48. The van der Waals surface area contributed by atoms with Crippen molar-refractivity contribution in [3.63, 3.8) is 0 Å². The molecule has 5 heteroatoms. The van der Waals surface area contributed by atoms with Gasteiger partial charge in [0.05, 0.1) is 11.0 Å². The van der Waals surface area contributed by atoms with Crippen LogP contribution in [0, 0.1) is 0 Å². The van der Waals surface area contributed by atoms with E-state index in [-0.39, 0.29) is 17.6 Å². The SMILES string of the molecule is CCN(C)[C@@H]1Cc2ccc(O)c3c2[C@@]2(C)C(O3)C(=O)CC[C@@]12O. The molecule has 1 saturated carbocycles. The molecule has 2 aliphatic carbocycles. The van der Waals surface area contributed by atoms with Crippen LogP contribution in [0.5, 0.6) is 11.5 Å². The van der Waals surface area contributed by atoms with E-state index in [1.54, 1.807) is 6.07 Å². The molecule has 124 valence electrons. The quantitative estimate of drug-likeness (QED) is 0.862. The van der Waals surface area contributed by atoms with Gasteiger partial charge in [0.25, 0.3) is 0 Å². The summed E-state index contributed by atoms with van der Waals surface area (Å²) in [5.41, 5.74) is 0.0479. The van der Waals surface area contributed by atoms with Crippen molar-refractivity contribution in [1.82, 2.24) is 4.90 Å². The Labute approximate surface area is 135 Å². The van der Waals surface area contributed by atoms with E-state index in [0.717, 1.165) is 17.7 Å². The molecule has 1 aromatic rings. The molecule has 1 aliphatic heterocycles. The van der Waals surface area contributed by atoms with Crippen LogP contribution in [0.2, 0.25) is 0 Å². The molecule has 0 aromatic heterocycles. The second-order valence-electron chi connectivity index (χ2n) is 7.33. The van der Waals surface area contributed by atoms with Crippen molar-refractivity contribution < 1.29 is 19.7 Å². The minimum atomic E-state index is -1.04. The molecule has 23 heavy (non-hydrogen) atoms. The number of aromatic hydroxyl groups is 1. The number of hydrogen-bond donors (Lipinski definition) is 2. The number of ether oxygens (including phenoxy) is 1. The summed E-state index contributed by atoms with van der Waals surface area (Å²) in [5.74, 6) is 0.455. The van der Waals surface area contributed by atoms with Gasteiger partial charge in [-0.3, -0.25) is 4.79 Å². The minimum absolute atomic E-state index is 0.0125. The average Bonchev–Trinajstić information content (AvgIpc) is 2.87. The van der Waals surface area contributed by atoms with Crippen LogP contribution >= 0.6 is 0 Å². The summed E-state index contributed by atoms with van der Waals surface area (Å²) in [5, 5.41) is 21.9. The monoisotopic (exact) mass is 317 g/mol. The molecule has 2 N–H and O–H groups in total. The molecule has 4 rings (SSSR count). The van der Waals surface area contributed by atoms with Gasteiger partial charge in [-0.05, 0) is 45.0 Å². The molecule has 3 aliphatic rings. The molecule has 0 saturated heterocycles. The third kappa shape index (κ3) is 1.57. The van der Waals surface area contributed by atoms with E-state index >= 15 is 0 Å². The molecule has 0 bridgehead atoms. The van der Waals surface area contributed by atoms with Gasteiger partial charge in [-0.15, -0.1) is 0 Å². The van der Waals surface area contributed by atoms with Gasteiger partial charge in [-0.2, -0.15) is 0 Å². The fraction of sp³-hybridized carbons (Fsp3) is 0.611. The van der Waals surface area contributed by atoms with Crippen molar-refractivity contribution in [3.05, 3.63) is 23.3 Å². The maximum Gasteiger partial charge on any atom is 0.174 e. The molecule has 1 heterocycles. The van der Waals surface area contributed by atoms with Crippen LogP contribution in [0.15, 0.2) is 12.1 Å². The van der Waals surface area contributed by atoms with Crippen LogP contribution in [-0.4, -0.2) is 52.2 Å². The van der Waals surface area contributed by atoms with E-state index < -0.39 is 17.1 Å². The third-order valence-electron chi connectivity index (χ3n) is 6.44. The second-order valence-corrected chi connectivity index (χ2v) is 7.33.